The van der Waals surface area contributed by atoms with Crippen LogP contribution in [0.1, 0.15) is 38.2 Å². The van der Waals surface area contributed by atoms with E-state index in [2.05, 4.69) is 32.2 Å². The second kappa shape index (κ2) is 10.5. The number of nitrogens with one attached hydrogen (secondary N) is 3. The van der Waals surface area contributed by atoms with Crippen molar-refractivity contribution in [3.8, 4) is 0 Å². The summed E-state index contributed by atoms with van der Waals surface area (Å²) >= 11 is 0. The molecule has 1 aromatic carbocycles. The summed E-state index contributed by atoms with van der Waals surface area (Å²) in [5.74, 6) is 0.717. The molecule has 0 radical (unpaired) electrons. The van der Waals surface area contributed by atoms with Crippen molar-refractivity contribution in [2.75, 3.05) is 37.7 Å². The molecule has 0 spiro atoms. The number of guanidine groups is 1. The van der Waals surface area contributed by atoms with Crippen LogP contribution in [0.2, 0.25) is 0 Å². The monoisotopic (exact) mass is 395 g/mol. The van der Waals surface area contributed by atoms with Crippen LogP contribution in [0.25, 0.3) is 0 Å². The number of para-hydroxylation sites is 1. The van der Waals surface area contributed by atoms with Gasteiger partial charge in [-0.05, 0) is 37.4 Å². The van der Waals surface area contributed by atoms with E-state index in [-0.39, 0.29) is 0 Å². The normalized spacial score (nSPS) is 18.9. The van der Waals surface area contributed by atoms with Gasteiger partial charge in [0.05, 0.1) is 11.9 Å². The molecule has 0 bridgehead atoms. The Labute approximate surface area is 163 Å². The molecular formula is C19H33N5O2S. The van der Waals surface area contributed by atoms with E-state index < -0.39 is 10.0 Å². The van der Waals surface area contributed by atoms with E-state index in [1.807, 2.05) is 18.2 Å². The van der Waals surface area contributed by atoms with Crippen molar-refractivity contribution in [2.45, 2.75) is 45.2 Å². The maximum atomic E-state index is 11.5. The SMILES string of the molecule is CCC1CCCCN1CCNC(=NC)NCc1ccccc1NS(C)(=O)=O. The van der Waals surface area contributed by atoms with Crippen molar-refractivity contribution in [3.63, 3.8) is 0 Å². The van der Waals surface area contributed by atoms with E-state index in [4.69, 9.17) is 0 Å². The molecule has 1 fully saturated rings. The number of sulfonamides is 1. The number of hydrogen-bond acceptors (Lipinski definition) is 4. The number of aliphatic imine (C=N–C) groups is 1. The molecule has 0 aliphatic carbocycles. The third kappa shape index (κ3) is 7.38. The molecule has 7 nitrogen and oxygen atoms in total. The largest absolute Gasteiger partial charge is 0.355 e. The molecule has 1 heterocycles. The van der Waals surface area contributed by atoms with Gasteiger partial charge in [0.15, 0.2) is 5.96 Å². The molecule has 0 aromatic heterocycles. The molecule has 8 heteroatoms. The molecule has 0 amide bonds. The van der Waals surface area contributed by atoms with Crippen LogP contribution in [0.4, 0.5) is 5.69 Å². The first kappa shape index (κ1) is 21.5. The first-order valence-corrected chi connectivity index (χ1v) is 11.6. The van der Waals surface area contributed by atoms with Gasteiger partial charge in [-0.25, -0.2) is 8.42 Å². The zero-order chi connectivity index (χ0) is 19.7. The van der Waals surface area contributed by atoms with E-state index in [0.29, 0.717) is 24.2 Å². The summed E-state index contributed by atoms with van der Waals surface area (Å²) in [6, 6.07) is 8.06. The third-order valence-corrected chi connectivity index (χ3v) is 5.49. The summed E-state index contributed by atoms with van der Waals surface area (Å²) in [5, 5.41) is 6.62. The summed E-state index contributed by atoms with van der Waals surface area (Å²) in [6.45, 7) is 5.76. The maximum absolute atomic E-state index is 11.5. The van der Waals surface area contributed by atoms with Crippen molar-refractivity contribution in [2.24, 2.45) is 4.99 Å². The molecule has 1 saturated heterocycles. The number of nitrogens with zero attached hydrogens (tertiary/aromatic N) is 2. The van der Waals surface area contributed by atoms with Crippen molar-refractivity contribution in [1.82, 2.24) is 15.5 Å². The Morgan fingerprint density at radius 2 is 2.04 bits per heavy atom. The Bertz CT molecular complexity index is 721. The zero-order valence-electron chi connectivity index (χ0n) is 16.7. The molecule has 2 rings (SSSR count). The first-order valence-electron chi connectivity index (χ1n) is 9.67. The van der Waals surface area contributed by atoms with Crippen LogP contribution in [0.5, 0.6) is 0 Å². The lowest BCUT2D eigenvalue weighted by atomic mass is 10.0. The molecule has 1 unspecified atom stereocenters. The molecule has 1 atom stereocenters. The highest BCUT2D eigenvalue weighted by atomic mass is 32.2. The van der Waals surface area contributed by atoms with Crippen LogP contribution in [0.15, 0.2) is 29.3 Å². The van der Waals surface area contributed by atoms with Gasteiger partial charge < -0.3 is 10.6 Å². The Hall–Kier alpha value is -1.80. The molecular weight excluding hydrogens is 362 g/mol. The van der Waals surface area contributed by atoms with Gasteiger partial charge in [-0.1, -0.05) is 31.5 Å². The standard InChI is InChI=1S/C19H33N5O2S/c1-4-17-10-7-8-13-24(17)14-12-21-19(20-2)22-15-16-9-5-6-11-18(16)23-27(3,25)26/h5-6,9,11,17,23H,4,7-8,10,12-15H2,1-3H3,(H2,20,21,22). The second-order valence-electron chi connectivity index (χ2n) is 6.98. The average molecular weight is 396 g/mol. The van der Waals surface area contributed by atoms with Crippen molar-refractivity contribution in [3.05, 3.63) is 29.8 Å². The fourth-order valence-electron chi connectivity index (χ4n) is 3.51. The highest BCUT2D eigenvalue weighted by molar-refractivity contribution is 7.92. The molecule has 1 aliphatic rings. The lowest BCUT2D eigenvalue weighted by molar-refractivity contribution is 0.147. The average Bonchev–Trinajstić information content (AvgIpc) is 2.64. The van der Waals surface area contributed by atoms with Crippen LogP contribution >= 0.6 is 0 Å². The summed E-state index contributed by atoms with van der Waals surface area (Å²) < 4.78 is 25.6. The summed E-state index contributed by atoms with van der Waals surface area (Å²) in [7, 11) is -1.57. The lowest BCUT2D eigenvalue weighted by Crippen LogP contribution is -2.45. The Morgan fingerprint density at radius 1 is 1.26 bits per heavy atom. The molecule has 152 valence electrons. The van der Waals surface area contributed by atoms with Gasteiger partial charge in [0.25, 0.3) is 0 Å². The number of benzene rings is 1. The summed E-state index contributed by atoms with van der Waals surface area (Å²) in [4.78, 5) is 6.83. The zero-order valence-corrected chi connectivity index (χ0v) is 17.5. The number of hydrogen-bond donors (Lipinski definition) is 3. The lowest BCUT2D eigenvalue weighted by Gasteiger charge is -2.35. The molecule has 0 saturated carbocycles. The fourth-order valence-corrected chi connectivity index (χ4v) is 4.11. The number of piperidine rings is 1. The second-order valence-corrected chi connectivity index (χ2v) is 8.73. The number of anilines is 1. The number of rotatable bonds is 8. The van der Waals surface area contributed by atoms with Crippen LogP contribution in [-0.4, -0.2) is 58.3 Å². The molecule has 3 N–H and O–H groups in total. The van der Waals surface area contributed by atoms with Crippen molar-refractivity contribution >= 4 is 21.7 Å². The van der Waals surface area contributed by atoms with Crippen LogP contribution in [0.3, 0.4) is 0 Å². The van der Waals surface area contributed by atoms with Crippen LogP contribution < -0.4 is 15.4 Å². The first-order chi connectivity index (χ1) is 12.9. The van der Waals surface area contributed by atoms with E-state index in [0.717, 1.165) is 24.9 Å². The van der Waals surface area contributed by atoms with E-state index in [1.54, 1.807) is 13.1 Å². The Balaban J connectivity index is 1.84. The van der Waals surface area contributed by atoms with Gasteiger partial charge in [0, 0.05) is 32.7 Å². The highest BCUT2D eigenvalue weighted by Crippen LogP contribution is 2.18. The van der Waals surface area contributed by atoms with Gasteiger partial charge in [-0.2, -0.15) is 0 Å². The molecule has 27 heavy (non-hydrogen) atoms. The minimum atomic E-state index is -3.31. The maximum Gasteiger partial charge on any atom is 0.229 e. The Kier molecular flexibility index (Phi) is 8.37. The van der Waals surface area contributed by atoms with Gasteiger partial charge in [0.2, 0.25) is 10.0 Å². The van der Waals surface area contributed by atoms with Crippen molar-refractivity contribution in [1.29, 1.82) is 0 Å². The molecule has 1 aromatic rings. The smallest absolute Gasteiger partial charge is 0.229 e. The topological polar surface area (TPSA) is 85.8 Å². The minimum Gasteiger partial charge on any atom is -0.355 e. The van der Waals surface area contributed by atoms with Crippen LogP contribution in [-0.2, 0) is 16.6 Å². The van der Waals surface area contributed by atoms with Gasteiger partial charge >= 0.3 is 0 Å². The van der Waals surface area contributed by atoms with E-state index in [9.17, 15) is 8.42 Å². The van der Waals surface area contributed by atoms with Crippen LogP contribution in [0, 0.1) is 0 Å². The summed E-state index contributed by atoms with van der Waals surface area (Å²) in [5.41, 5.74) is 1.45. The quantitative estimate of drug-likeness (QED) is 0.463. The predicted molar refractivity (Wildman–Crippen MR) is 113 cm³/mol. The third-order valence-electron chi connectivity index (χ3n) is 4.89. The van der Waals surface area contributed by atoms with Gasteiger partial charge in [-0.15, -0.1) is 0 Å². The van der Waals surface area contributed by atoms with E-state index >= 15 is 0 Å². The predicted octanol–water partition coefficient (Wildman–Crippen LogP) is 1.99. The van der Waals surface area contributed by atoms with E-state index in [1.165, 1.54) is 32.2 Å². The van der Waals surface area contributed by atoms with Crippen molar-refractivity contribution < 1.29 is 8.42 Å². The molecule has 1 aliphatic heterocycles. The highest BCUT2D eigenvalue weighted by Gasteiger charge is 2.20. The number of likely N-dealkylation sites (tertiary alicyclic amines) is 1. The van der Waals surface area contributed by atoms with Gasteiger partial charge in [0.1, 0.15) is 0 Å². The Morgan fingerprint density at radius 3 is 2.74 bits per heavy atom. The minimum absolute atomic E-state index is 0.486. The van der Waals surface area contributed by atoms with Gasteiger partial charge in [-0.3, -0.25) is 14.6 Å². The fraction of sp³-hybridized carbons (Fsp3) is 0.632. The summed E-state index contributed by atoms with van der Waals surface area (Å²) in [6.07, 6.45) is 6.28.